The first-order valence-electron chi connectivity index (χ1n) is 7.40. The first kappa shape index (κ1) is 16.5. The molecule has 0 atom stereocenters. The summed E-state index contributed by atoms with van der Waals surface area (Å²) in [5.41, 5.74) is 2.77. The van der Waals surface area contributed by atoms with E-state index < -0.39 is 0 Å². The fraction of sp³-hybridized carbons (Fsp3) is 0.211. The standard InChI is InChI=1S/C19H19BrO2/c1-2-3-14-22-19(21)17-10-6-15(7-11-17)4-5-16-8-12-18(20)13-9-16/h4-13H,2-3,14H2,1H3/b5-4+. The second kappa shape index (κ2) is 8.54. The number of benzene rings is 2. The van der Waals surface area contributed by atoms with Crippen molar-refractivity contribution in [3.8, 4) is 0 Å². The highest BCUT2D eigenvalue weighted by molar-refractivity contribution is 9.10. The number of rotatable bonds is 6. The number of unbranched alkanes of at least 4 members (excludes halogenated alkanes) is 1. The van der Waals surface area contributed by atoms with Gasteiger partial charge in [-0.25, -0.2) is 4.79 Å². The van der Waals surface area contributed by atoms with E-state index in [0.29, 0.717) is 12.2 Å². The lowest BCUT2D eigenvalue weighted by molar-refractivity contribution is 0.0500. The molecule has 2 nitrogen and oxygen atoms in total. The Balaban J connectivity index is 1.96. The average molecular weight is 359 g/mol. The van der Waals surface area contributed by atoms with Gasteiger partial charge >= 0.3 is 5.97 Å². The summed E-state index contributed by atoms with van der Waals surface area (Å²) in [4.78, 5) is 11.8. The highest BCUT2D eigenvalue weighted by atomic mass is 79.9. The predicted octanol–water partition coefficient (Wildman–Crippen LogP) is 5.58. The third-order valence-electron chi connectivity index (χ3n) is 3.22. The fourth-order valence-corrected chi connectivity index (χ4v) is 2.15. The van der Waals surface area contributed by atoms with Crippen LogP contribution in [0.3, 0.4) is 0 Å². The van der Waals surface area contributed by atoms with E-state index in [9.17, 15) is 4.79 Å². The van der Waals surface area contributed by atoms with E-state index in [0.717, 1.165) is 28.4 Å². The molecule has 0 aliphatic heterocycles. The van der Waals surface area contributed by atoms with E-state index in [1.807, 2.05) is 48.6 Å². The zero-order chi connectivity index (χ0) is 15.8. The summed E-state index contributed by atoms with van der Waals surface area (Å²) in [6, 6.07) is 15.5. The predicted molar refractivity (Wildman–Crippen MR) is 94.7 cm³/mol. The molecule has 3 heteroatoms. The average Bonchev–Trinajstić information content (AvgIpc) is 2.55. The Bertz CT molecular complexity index is 627. The lowest BCUT2D eigenvalue weighted by Crippen LogP contribution is -2.05. The molecule has 2 rings (SSSR count). The van der Waals surface area contributed by atoms with Crippen LogP contribution in [0.5, 0.6) is 0 Å². The Morgan fingerprint density at radius 1 is 1.00 bits per heavy atom. The minimum atomic E-state index is -0.253. The maximum atomic E-state index is 11.8. The Hall–Kier alpha value is -1.87. The van der Waals surface area contributed by atoms with E-state index >= 15 is 0 Å². The molecule has 22 heavy (non-hydrogen) atoms. The van der Waals surface area contributed by atoms with Gasteiger partial charge in [-0.15, -0.1) is 0 Å². The van der Waals surface area contributed by atoms with Gasteiger partial charge in [-0.2, -0.15) is 0 Å². The molecule has 0 amide bonds. The van der Waals surface area contributed by atoms with Crippen molar-refractivity contribution in [3.05, 3.63) is 69.7 Å². The largest absolute Gasteiger partial charge is 0.462 e. The Morgan fingerprint density at radius 3 is 2.09 bits per heavy atom. The van der Waals surface area contributed by atoms with E-state index in [-0.39, 0.29) is 5.97 Å². The quantitative estimate of drug-likeness (QED) is 0.383. The van der Waals surface area contributed by atoms with Gasteiger partial charge < -0.3 is 4.74 Å². The molecule has 0 aliphatic rings. The highest BCUT2D eigenvalue weighted by Gasteiger charge is 2.05. The third kappa shape index (κ3) is 5.15. The molecule has 0 heterocycles. The second-order valence-corrected chi connectivity index (χ2v) is 5.91. The number of hydrogen-bond acceptors (Lipinski definition) is 2. The lowest BCUT2D eigenvalue weighted by Gasteiger charge is -2.04. The first-order chi connectivity index (χ1) is 10.7. The third-order valence-corrected chi connectivity index (χ3v) is 3.74. The van der Waals surface area contributed by atoms with E-state index in [4.69, 9.17) is 4.74 Å². The minimum Gasteiger partial charge on any atom is -0.462 e. The molecule has 0 radical (unpaired) electrons. The van der Waals surface area contributed by atoms with Crippen LogP contribution >= 0.6 is 15.9 Å². The van der Waals surface area contributed by atoms with Gasteiger partial charge in [0.15, 0.2) is 0 Å². The Morgan fingerprint density at radius 2 is 1.55 bits per heavy atom. The molecule has 0 aliphatic carbocycles. The van der Waals surface area contributed by atoms with Crippen molar-refractivity contribution in [3.63, 3.8) is 0 Å². The van der Waals surface area contributed by atoms with Gasteiger partial charge in [0.2, 0.25) is 0 Å². The molecule has 0 saturated heterocycles. The molecule has 0 bridgehead atoms. The van der Waals surface area contributed by atoms with Crippen molar-refractivity contribution < 1.29 is 9.53 Å². The summed E-state index contributed by atoms with van der Waals surface area (Å²) in [7, 11) is 0. The maximum Gasteiger partial charge on any atom is 0.338 e. The van der Waals surface area contributed by atoms with Crippen LogP contribution in [0.15, 0.2) is 53.0 Å². The zero-order valence-corrected chi connectivity index (χ0v) is 14.2. The molecule has 0 N–H and O–H groups in total. The molecule has 2 aromatic carbocycles. The number of carbonyl (C=O) groups is 1. The van der Waals surface area contributed by atoms with Crippen molar-refractivity contribution >= 4 is 34.1 Å². The van der Waals surface area contributed by atoms with Gasteiger partial charge in [0.1, 0.15) is 0 Å². The van der Waals surface area contributed by atoms with E-state index in [1.165, 1.54) is 0 Å². The lowest BCUT2D eigenvalue weighted by atomic mass is 10.1. The molecular formula is C19H19BrO2. The number of carbonyl (C=O) groups excluding carboxylic acids is 1. The van der Waals surface area contributed by atoms with E-state index in [2.05, 4.69) is 22.9 Å². The summed E-state index contributed by atoms with van der Waals surface area (Å²) in [5.74, 6) is -0.253. The topological polar surface area (TPSA) is 26.3 Å². The molecular weight excluding hydrogens is 340 g/mol. The van der Waals surface area contributed by atoms with Crippen molar-refractivity contribution in [2.24, 2.45) is 0 Å². The van der Waals surface area contributed by atoms with Crippen LogP contribution in [0.25, 0.3) is 12.2 Å². The zero-order valence-electron chi connectivity index (χ0n) is 12.6. The fourth-order valence-electron chi connectivity index (χ4n) is 1.89. The SMILES string of the molecule is CCCCOC(=O)c1ccc(/C=C/c2ccc(Br)cc2)cc1. The minimum absolute atomic E-state index is 0.253. The normalized spacial score (nSPS) is 10.8. The number of ether oxygens (including phenoxy) is 1. The highest BCUT2D eigenvalue weighted by Crippen LogP contribution is 2.14. The second-order valence-electron chi connectivity index (χ2n) is 5.00. The van der Waals surface area contributed by atoms with Crippen LogP contribution in [-0.2, 0) is 4.74 Å². The van der Waals surface area contributed by atoms with Gasteiger partial charge in [-0.3, -0.25) is 0 Å². The van der Waals surface area contributed by atoms with Crippen molar-refractivity contribution in [1.82, 2.24) is 0 Å². The summed E-state index contributed by atoms with van der Waals surface area (Å²) in [6.45, 7) is 2.56. The van der Waals surface area contributed by atoms with Gasteiger partial charge in [-0.1, -0.05) is 65.7 Å². The van der Waals surface area contributed by atoms with Crippen molar-refractivity contribution in [1.29, 1.82) is 0 Å². The van der Waals surface area contributed by atoms with Gasteiger partial charge in [0.25, 0.3) is 0 Å². The number of halogens is 1. The van der Waals surface area contributed by atoms with Crippen LogP contribution in [0.4, 0.5) is 0 Å². The molecule has 0 spiro atoms. The molecule has 0 saturated carbocycles. The Labute approximate surface area is 139 Å². The molecule has 2 aromatic rings. The van der Waals surface area contributed by atoms with Gasteiger partial charge in [0.05, 0.1) is 12.2 Å². The van der Waals surface area contributed by atoms with E-state index in [1.54, 1.807) is 12.1 Å². The van der Waals surface area contributed by atoms with Crippen molar-refractivity contribution in [2.45, 2.75) is 19.8 Å². The molecule has 0 aromatic heterocycles. The molecule has 0 unspecified atom stereocenters. The van der Waals surface area contributed by atoms with Crippen LogP contribution in [-0.4, -0.2) is 12.6 Å². The van der Waals surface area contributed by atoms with Crippen LogP contribution in [0, 0.1) is 0 Å². The van der Waals surface area contributed by atoms with Gasteiger partial charge in [-0.05, 0) is 41.8 Å². The summed E-state index contributed by atoms with van der Waals surface area (Å²) in [6.07, 6.45) is 5.99. The smallest absolute Gasteiger partial charge is 0.338 e. The monoisotopic (exact) mass is 358 g/mol. The van der Waals surface area contributed by atoms with Crippen LogP contribution < -0.4 is 0 Å². The van der Waals surface area contributed by atoms with Crippen LogP contribution in [0.1, 0.15) is 41.3 Å². The van der Waals surface area contributed by atoms with Gasteiger partial charge in [0, 0.05) is 4.47 Å². The van der Waals surface area contributed by atoms with Crippen molar-refractivity contribution in [2.75, 3.05) is 6.61 Å². The molecule has 0 fully saturated rings. The summed E-state index contributed by atoms with van der Waals surface area (Å²) >= 11 is 3.42. The number of esters is 1. The first-order valence-corrected chi connectivity index (χ1v) is 8.19. The Kier molecular flexibility index (Phi) is 6.41. The molecule has 114 valence electrons. The summed E-state index contributed by atoms with van der Waals surface area (Å²) in [5, 5.41) is 0. The maximum absolute atomic E-state index is 11.8. The van der Waals surface area contributed by atoms with Crippen LogP contribution in [0.2, 0.25) is 0 Å². The number of hydrogen-bond donors (Lipinski definition) is 0. The summed E-state index contributed by atoms with van der Waals surface area (Å²) < 4.78 is 6.25.